The Morgan fingerprint density at radius 3 is 2.33 bits per heavy atom. The van der Waals surface area contributed by atoms with Crippen LogP contribution in [-0.4, -0.2) is 40.3 Å². The van der Waals surface area contributed by atoms with Crippen molar-refractivity contribution in [1.29, 1.82) is 0 Å². The lowest BCUT2D eigenvalue weighted by atomic mass is 9.98. The molecule has 1 atom stereocenters. The number of nitrogens with one attached hydrogen (secondary N) is 1. The third-order valence-corrected chi connectivity index (χ3v) is 2.73. The molecule has 5 N–H and O–H groups in total. The Hall–Kier alpha value is -1.14. The highest BCUT2D eigenvalue weighted by atomic mass is 16.4. The fourth-order valence-corrected chi connectivity index (χ4v) is 1.72. The molecule has 0 aromatic rings. The molecule has 1 aliphatic carbocycles. The fraction of sp³-hybridized carbons (Fsp3) is 0.778. The first-order chi connectivity index (χ1) is 6.99. The van der Waals surface area contributed by atoms with Gasteiger partial charge < -0.3 is 21.3 Å². The van der Waals surface area contributed by atoms with Gasteiger partial charge in [0.05, 0.1) is 12.1 Å². The molecule has 0 radical (unpaired) electrons. The molecule has 0 unspecified atom stereocenters. The molecule has 0 heterocycles. The predicted molar refractivity (Wildman–Crippen MR) is 52.0 cm³/mol. The summed E-state index contributed by atoms with van der Waals surface area (Å²) in [4.78, 5) is 22.2. The summed E-state index contributed by atoms with van der Waals surface area (Å²) < 4.78 is 0. The number of carboxylic acids is 1. The number of carboxylic acid groups (broad SMARTS) is 1. The minimum absolute atomic E-state index is 0.485. The van der Waals surface area contributed by atoms with Gasteiger partial charge in [-0.05, 0) is 12.8 Å². The first-order valence-corrected chi connectivity index (χ1v) is 4.93. The van der Waals surface area contributed by atoms with Crippen LogP contribution in [0.15, 0.2) is 0 Å². The van der Waals surface area contributed by atoms with Crippen LogP contribution in [0.1, 0.15) is 25.7 Å². The minimum atomic E-state index is -1.27. The van der Waals surface area contributed by atoms with Crippen LogP contribution in [0.3, 0.4) is 0 Å². The lowest BCUT2D eigenvalue weighted by molar-refractivity contribution is -0.143. The Bertz CT molecular complexity index is 261. The number of carbonyl (C=O) groups is 2. The summed E-state index contributed by atoms with van der Waals surface area (Å²) in [5.41, 5.74) is 4.86. The van der Waals surface area contributed by atoms with Gasteiger partial charge in [0.2, 0.25) is 5.91 Å². The number of rotatable bonds is 4. The van der Waals surface area contributed by atoms with Crippen LogP contribution in [0.2, 0.25) is 0 Å². The molecule has 6 nitrogen and oxygen atoms in total. The van der Waals surface area contributed by atoms with E-state index >= 15 is 0 Å². The Morgan fingerprint density at radius 2 is 1.93 bits per heavy atom. The fourth-order valence-electron chi connectivity index (χ4n) is 1.72. The zero-order chi connectivity index (χ0) is 11.5. The molecule has 0 aliphatic heterocycles. The van der Waals surface area contributed by atoms with Gasteiger partial charge in [-0.3, -0.25) is 4.79 Å². The number of nitrogens with two attached hydrogens (primary N) is 1. The molecule has 1 fully saturated rings. The van der Waals surface area contributed by atoms with Crippen molar-refractivity contribution >= 4 is 11.9 Å². The predicted octanol–water partition coefficient (Wildman–Crippen LogP) is -1.18. The highest BCUT2D eigenvalue weighted by Gasteiger charge is 2.38. The molecule has 1 rings (SSSR count). The molecule has 0 spiro atoms. The monoisotopic (exact) mass is 216 g/mol. The van der Waals surface area contributed by atoms with E-state index < -0.39 is 30.1 Å². The smallest absolute Gasteiger partial charge is 0.328 e. The number of aliphatic hydroxyl groups excluding tert-OH is 1. The van der Waals surface area contributed by atoms with Crippen molar-refractivity contribution in [2.75, 3.05) is 6.61 Å². The molecule has 6 heteroatoms. The van der Waals surface area contributed by atoms with Crippen molar-refractivity contribution in [2.24, 2.45) is 5.73 Å². The lowest BCUT2D eigenvalue weighted by Gasteiger charge is -2.24. The van der Waals surface area contributed by atoms with E-state index in [0.29, 0.717) is 12.8 Å². The van der Waals surface area contributed by atoms with E-state index in [0.717, 1.165) is 12.8 Å². The zero-order valence-electron chi connectivity index (χ0n) is 8.40. The van der Waals surface area contributed by atoms with Gasteiger partial charge in [0, 0.05) is 0 Å². The second-order valence-electron chi connectivity index (χ2n) is 3.91. The van der Waals surface area contributed by atoms with Gasteiger partial charge >= 0.3 is 5.97 Å². The first kappa shape index (κ1) is 11.9. The number of hydrogen-bond donors (Lipinski definition) is 4. The van der Waals surface area contributed by atoms with Crippen LogP contribution >= 0.6 is 0 Å². The molecule has 1 aliphatic rings. The van der Waals surface area contributed by atoms with Crippen LogP contribution in [0.4, 0.5) is 0 Å². The molecule has 0 aromatic carbocycles. The van der Waals surface area contributed by atoms with E-state index in [-0.39, 0.29) is 0 Å². The summed E-state index contributed by atoms with van der Waals surface area (Å²) in [7, 11) is 0. The van der Waals surface area contributed by atoms with Crippen molar-refractivity contribution in [3.63, 3.8) is 0 Å². The van der Waals surface area contributed by atoms with E-state index in [1.165, 1.54) is 0 Å². The molecule has 1 amide bonds. The number of aliphatic hydroxyl groups is 1. The standard InChI is InChI=1S/C9H16N2O4/c10-9(3-1-2-4-9)8(15)11-6(5-12)7(13)14/h6,12H,1-5,10H2,(H,11,15)(H,13,14)/t6-/m1/s1. The second kappa shape index (κ2) is 4.59. The molecule has 0 bridgehead atoms. The van der Waals surface area contributed by atoms with E-state index in [2.05, 4.69) is 5.32 Å². The Balaban J connectivity index is 2.57. The van der Waals surface area contributed by atoms with Gasteiger partial charge in [-0.15, -0.1) is 0 Å². The maximum Gasteiger partial charge on any atom is 0.328 e. The first-order valence-electron chi connectivity index (χ1n) is 4.93. The summed E-state index contributed by atoms with van der Waals surface area (Å²) in [5.74, 6) is -1.74. The number of hydrogen-bond acceptors (Lipinski definition) is 4. The summed E-state index contributed by atoms with van der Waals surface area (Å²) in [5, 5.41) is 19.6. The van der Waals surface area contributed by atoms with E-state index in [4.69, 9.17) is 15.9 Å². The van der Waals surface area contributed by atoms with Crippen molar-refractivity contribution in [2.45, 2.75) is 37.3 Å². The summed E-state index contributed by atoms with van der Waals surface area (Å²) in [6, 6.07) is -1.27. The van der Waals surface area contributed by atoms with Crippen molar-refractivity contribution < 1.29 is 19.8 Å². The average molecular weight is 216 g/mol. The summed E-state index contributed by atoms with van der Waals surface area (Å²) in [6.45, 7) is -0.628. The molecule has 0 aromatic heterocycles. The molecular weight excluding hydrogens is 200 g/mol. The molecule has 86 valence electrons. The molecule has 1 saturated carbocycles. The van der Waals surface area contributed by atoms with Gasteiger partial charge in [-0.25, -0.2) is 4.79 Å². The highest BCUT2D eigenvalue weighted by molar-refractivity contribution is 5.90. The van der Waals surface area contributed by atoms with Crippen LogP contribution in [0, 0.1) is 0 Å². The van der Waals surface area contributed by atoms with Gasteiger partial charge in [0.1, 0.15) is 6.04 Å². The number of aliphatic carboxylic acids is 1. The molecule has 0 saturated heterocycles. The molecule has 15 heavy (non-hydrogen) atoms. The summed E-state index contributed by atoms with van der Waals surface area (Å²) in [6.07, 6.45) is 2.88. The quantitative estimate of drug-likeness (QED) is 0.472. The maximum absolute atomic E-state index is 11.6. The topological polar surface area (TPSA) is 113 Å². The van der Waals surface area contributed by atoms with E-state index in [1.807, 2.05) is 0 Å². The van der Waals surface area contributed by atoms with Crippen molar-refractivity contribution in [1.82, 2.24) is 5.32 Å². The number of carbonyl (C=O) groups excluding carboxylic acids is 1. The summed E-state index contributed by atoms with van der Waals surface area (Å²) >= 11 is 0. The zero-order valence-corrected chi connectivity index (χ0v) is 8.40. The largest absolute Gasteiger partial charge is 0.480 e. The van der Waals surface area contributed by atoms with Crippen LogP contribution in [-0.2, 0) is 9.59 Å². The maximum atomic E-state index is 11.6. The van der Waals surface area contributed by atoms with Crippen LogP contribution < -0.4 is 11.1 Å². The second-order valence-corrected chi connectivity index (χ2v) is 3.91. The highest BCUT2D eigenvalue weighted by Crippen LogP contribution is 2.27. The van der Waals surface area contributed by atoms with Gasteiger partial charge in [-0.1, -0.05) is 12.8 Å². The van der Waals surface area contributed by atoms with Gasteiger partial charge in [0.25, 0.3) is 0 Å². The number of amides is 1. The lowest BCUT2D eigenvalue weighted by Crippen LogP contribution is -2.56. The minimum Gasteiger partial charge on any atom is -0.480 e. The van der Waals surface area contributed by atoms with Crippen molar-refractivity contribution in [3.8, 4) is 0 Å². The third kappa shape index (κ3) is 2.66. The Morgan fingerprint density at radius 1 is 1.40 bits per heavy atom. The van der Waals surface area contributed by atoms with E-state index in [9.17, 15) is 9.59 Å². The SMILES string of the molecule is NC1(C(=O)N[C@H](CO)C(=O)O)CCCC1. The van der Waals surface area contributed by atoms with E-state index in [1.54, 1.807) is 0 Å². The van der Waals surface area contributed by atoms with Crippen LogP contribution in [0.25, 0.3) is 0 Å². The third-order valence-electron chi connectivity index (χ3n) is 2.73. The van der Waals surface area contributed by atoms with Gasteiger partial charge in [-0.2, -0.15) is 0 Å². The van der Waals surface area contributed by atoms with Gasteiger partial charge in [0.15, 0.2) is 0 Å². The Labute approximate surface area is 87.5 Å². The molecular formula is C9H16N2O4. The average Bonchev–Trinajstić information content (AvgIpc) is 2.61. The normalized spacial score (nSPS) is 20.9. The van der Waals surface area contributed by atoms with Crippen molar-refractivity contribution in [3.05, 3.63) is 0 Å². The Kier molecular flexibility index (Phi) is 3.65. The van der Waals surface area contributed by atoms with Crippen LogP contribution in [0.5, 0.6) is 0 Å².